The summed E-state index contributed by atoms with van der Waals surface area (Å²) in [5.41, 5.74) is 0. The summed E-state index contributed by atoms with van der Waals surface area (Å²) in [4.78, 5) is 12.4. The Bertz CT molecular complexity index is 1120. The van der Waals surface area contributed by atoms with E-state index >= 15 is 0 Å². The van der Waals surface area contributed by atoms with E-state index in [1.807, 2.05) is 0 Å². The van der Waals surface area contributed by atoms with Gasteiger partial charge in [-0.25, -0.2) is 0 Å². The molecule has 324 valence electrons. The first-order chi connectivity index (χ1) is 28.2. The van der Waals surface area contributed by atoms with Gasteiger partial charge >= 0.3 is 0 Å². The molecule has 4 heteroatoms. The molecule has 0 radical (unpaired) electrons. The van der Waals surface area contributed by atoms with E-state index in [1.54, 1.807) is 0 Å². The van der Waals surface area contributed by atoms with E-state index in [2.05, 4.69) is 129 Å². The largest absolute Gasteiger partial charge is 0.394 e. The molecule has 0 rings (SSSR count). The molecule has 0 aromatic heterocycles. The van der Waals surface area contributed by atoms with E-state index in [0.29, 0.717) is 12.8 Å². The van der Waals surface area contributed by atoms with Gasteiger partial charge in [-0.3, -0.25) is 4.79 Å². The van der Waals surface area contributed by atoms with Crippen LogP contribution in [0.2, 0.25) is 0 Å². The third-order valence-corrected chi connectivity index (χ3v) is 10.0. The van der Waals surface area contributed by atoms with Crippen LogP contribution in [-0.2, 0) is 4.79 Å². The molecule has 0 bridgehead atoms. The first-order valence-electron chi connectivity index (χ1n) is 23.6. The molecule has 0 saturated carbocycles. The van der Waals surface area contributed by atoms with Crippen LogP contribution in [0, 0.1) is 0 Å². The average Bonchev–Trinajstić information content (AvgIpc) is 3.22. The summed E-state index contributed by atoms with van der Waals surface area (Å²) >= 11 is 0. The highest BCUT2D eigenvalue weighted by atomic mass is 16.3. The topological polar surface area (TPSA) is 69.6 Å². The Labute approximate surface area is 353 Å². The SMILES string of the molecule is CC/C=C\C/C=C\C/C=C\C/C=C\C/C=C\C/C=C\C/C=C\C/C=C\C/C=C\CCCCCCCCCC(=O)NC(CO)C(O)CCCCCCCCCCCC. The van der Waals surface area contributed by atoms with E-state index in [4.69, 9.17) is 0 Å². The fourth-order valence-electron chi connectivity index (χ4n) is 6.47. The average molecular weight is 788 g/mol. The van der Waals surface area contributed by atoms with Crippen molar-refractivity contribution in [3.8, 4) is 0 Å². The quantitative estimate of drug-likeness (QED) is 0.0427. The molecule has 2 unspecified atom stereocenters. The molecule has 0 fully saturated rings. The van der Waals surface area contributed by atoms with Gasteiger partial charge in [-0.05, 0) is 83.5 Å². The maximum absolute atomic E-state index is 12.4. The summed E-state index contributed by atoms with van der Waals surface area (Å²) in [7, 11) is 0. The third-order valence-electron chi connectivity index (χ3n) is 10.0. The Morgan fingerprint density at radius 1 is 0.439 bits per heavy atom. The molecule has 1 amide bonds. The Balaban J connectivity index is 3.63. The number of hydrogen-bond acceptors (Lipinski definition) is 3. The highest BCUT2D eigenvalue weighted by Crippen LogP contribution is 2.14. The molecular formula is C53H89NO3. The van der Waals surface area contributed by atoms with E-state index in [0.717, 1.165) is 96.3 Å². The summed E-state index contributed by atoms with van der Waals surface area (Å²) in [6.07, 6.45) is 71.8. The van der Waals surface area contributed by atoms with Gasteiger partial charge in [-0.15, -0.1) is 0 Å². The molecule has 57 heavy (non-hydrogen) atoms. The van der Waals surface area contributed by atoms with Crippen molar-refractivity contribution in [2.45, 2.75) is 212 Å². The van der Waals surface area contributed by atoms with Gasteiger partial charge in [0, 0.05) is 6.42 Å². The van der Waals surface area contributed by atoms with Crippen LogP contribution in [0.15, 0.2) is 109 Å². The number of amides is 1. The van der Waals surface area contributed by atoms with E-state index in [9.17, 15) is 15.0 Å². The van der Waals surface area contributed by atoms with Gasteiger partial charge in [0.15, 0.2) is 0 Å². The lowest BCUT2D eigenvalue weighted by Crippen LogP contribution is -2.45. The zero-order valence-electron chi connectivity index (χ0n) is 37.1. The molecule has 0 aliphatic rings. The number of hydrogen-bond donors (Lipinski definition) is 3. The van der Waals surface area contributed by atoms with Crippen molar-refractivity contribution in [1.29, 1.82) is 0 Å². The fraction of sp³-hybridized carbons (Fsp3) is 0.642. The van der Waals surface area contributed by atoms with Gasteiger partial charge in [0.25, 0.3) is 0 Å². The monoisotopic (exact) mass is 788 g/mol. The van der Waals surface area contributed by atoms with Crippen molar-refractivity contribution in [1.82, 2.24) is 5.32 Å². The summed E-state index contributed by atoms with van der Waals surface area (Å²) in [6, 6.07) is -0.548. The predicted molar refractivity (Wildman–Crippen MR) is 253 cm³/mol. The molecule has 2 atom stereocenters. The molecular weight excluding hydrogens is 699 g/mol. The Kier molecular flexibility index (Phi) is 45.0. The first-order valence-corrected chi connectivity index (χ1v) is 23.6. The second-order valence-electron chi connectivity index (χ2n) is 15.4. The Hall–Kier alpha value is -2.95. The van der Waals surface area contributed by atoms with Gasteiger partial charge in [-0.1, -0.05) is 220 Å². The van der Waals surface area contributed by atoms with Gasteiger partial charge in [0.05, 0.1) is 18.8 Å². The normalized spacial score (nSPS) is 14.0. The summed E-state index contributed by atoms with van der Waals surface area (Å²) in [5.74, 6) is -0.0499. The first kappa shape index (κ1) is 54.0. The lowest BCUT2D eigenvalue weighted by Gasteiger charge is -2.22. The van der Waals surface area contributed by atoms with Crippen molar-refractivity contribution in [3.05, 3.63) is 109 Å². The minimum Gasteiger partial charge on any atom is -0.394 e. The minimum absolute atomic E-state index is 0.0499. The maximum Gasteiger partial charge on any atom is 0.220 e. The summed E-state index contributed by atoms with van der Waals surface area (Å²) in [5, 5.41) is 23.1. The Morgan fingerprint density at radius 2 is 0.772 bits per heavy atom. The lowest BCUT2D eigenvalue weighted by molar-refractivity contribution is -0.123. The molecule has 0 aliphatic carbocycles. The summed E-state index contributed by atoms with van der Waals surface area (Å²) in [6.45, 7) is 4.21. The molecule has 0 aliphatic heterocycles. The van der Waals surface area contributed by atoms with Crippen molar-refractivity contribution in [3.63, 3.8) is 0 Å². The Morgan fingerprint density at radius 3 is 1.16 bits per heavy atom. The molecule has 4 nitrogen and oxygen atoms in total. The second-order valence-corrected chi connectivity index (χ2v) is 15.4. The van der Waals surface area contributed by atoms with Gasteiger partial charge in [0.2, 0.25) is 5.91 Å². The molecule has 0 aromatic carbocycles. The van der Waals surface area contributed by atoms with E-state index in [1.165, 1.54) is 77.0 Å². The van der Waals surface area contributed by atoms with Crippen molar-refractivity contribution in [2.75, 3.05) is 6.61 Å². The lowest BCUT2D eigenvalue weighted by atomic mass is 10.0. The number of carbonyl (C=O) groups excluding carboxylic acids is 1. The molecule has 0 saturated heterocycles. The van der Waals surface area contributed by atoms with Crippen LogP contribution in [0.25, 0.3) is 0 Å². The zero-order chi connectivity index (χ0) is 41.4. The molecule has 3 N–H and O–H groups in total. The molecule has 0 heterocycles. The van der Waals surface area contributed by atoms with Crippen LogP contribution >= 0.6 is 0 Å². The number of carbonyl (C=O) groups is 1. The second kappa shape index (κ2) is 47.4. The number of aliphatic hydroxyl groups excluding tert-OH is 2. The molecule has 0 aromatic rings. The van der Waals surface area contributed by atoms with Crippen molar-refractivity contribution < 1.29 is 15.0 Å². The third kappa shape index (κ3) is 44.0. The standard InChI is InChI=1S/C53H89NO3/c1-3-5-7-9-11-13-15-16-17-18-19-20-21-22-23-24-25-26-27-28-29-30-31-32-33-34-35-36-37-38-39-41-43-45-47-49-53(57)54-51(50-55)52(56)48-46-44-42-40-14-12-10-8-6-4-2/h5,7,11,13,16-17,19-20,22-23,25-26,28-29,31-32,34-35,51-52,55-56H,3-4,6,8-10,12,14-15,18,21,24,27,30,33,36-50H2,1-2H3,(H,54,57)/b7-5-,13-11-,17-16-,20-19-,23-22-,26-25-,29-28-,32-31-,35-34-. The highest BCUT2D eigenvalue weighted by molar-refractivity contribution is 5.76. The van der Waals surface area contributed by atoms with Crippen molar-refractivity contribution in [2.24, 2.45) is 0 Å². The number of allylic oxidation sites excluding steroid dienone is 18. The van der Waals surface area contributed by atoms with Crippen LogP contribution < -0.4 is 5.32 Å². The van der Waals surface area contributed by atoms with E-state index in [-0.39, 0.29) is 12.5 Å². The van der Waals surface area contributed by atoms with Gasteiger partial charge in [0.1, 0.15) is 0 Å². The van der Waals surface area contributed by atoms with Gasteiger partial charge < -0.3 is 15.5 Å². The van der Waals surface area contributed by atoms with Crippen LogP contribution in [0.3, 0.4) is 0 Å². The van der Waals surface area contributed by atoms with Crippen LogP contribution in [0.5, 0.6) is 0 Å². The number of rotatable bonds is 41. The van der Waals surface area contributed by atoms with Crippen LogP contribution in [0.1, 0.15) is 200 Å². The number of aliphatic hydroxyl groups is 2. The van der Waals surface area contributed by atoms with Crippen molar-refractivity contribution >= 4 is 5.91 Å². The highest BCUT2D eigenvalue weighted by Gasteiger charge is 2.19. The molecule has 0 spiro atoms. The fourth-order valence-corrected chi connectivity index (χ4v) is 6.47. The van der Waals surface area contributed by atoms with Crippen LogP contribution in [0.4, 0.5) is 0 Å². The predicted octanol–water partition coefficient (Wildman–Crippen LogP) is 15.2. The summed E-state index contributed by atoms with van der Waals surface area (Å²) < 4.78 is 0. The zero-order valence-corrected chi connectivity index (χ0v) is 37.1. The number of nitrogens with one attached hydrogen (secondary N) is 1. The van der Waals surface area contributed by atoms with E-state index < -0.39 is 12.1 Å². The van der Waals surface area contributed by atoms with Gasteiger partial charge in [-0.2, -0.15) is 0 Å². The van der Waals surface area contributed by atoms with Crippen LogP contribution in [-0.4, -0.2) is 34.9 Å². The minimum atomic E-state index is -0.669. The smallest absolute Gasteiger partial charge is 0.220 e. The number of unbranched alkanes of at least 4 members (excludes halogenated alkanes) is 16. The maximum atomic E-state index is 12.4.